The Morgan fingerprint density at radius 2 is 2.08 bits per heavy atom. The zero-order chi connectivity index (χ0) is 9.10. The normalized spacial score (nSPS) is 10.2. The minimum absolute atomic E-state index is 0.601. The molecule has 0 saturated heterocycles. The first-order valence-electron chi connectivity index (χ1n) is 4.03. The van der Waals surface area contributed by atoms with Crippen molar-refractivity contribution in [3.63, 3.8) is 0 Å². The summed E-state index contributed by atoms with van der Waals surface area (Å²) in [6, 6.07) is 3.87. The maximum atomic E-state index is 4.86. The van der Waals surface area contributed by atoms with Crippen molar-refractivity contribution in [2.24, 2.45) is 0 Å². The van der Waals surface area contributed by atoms with E-state index >= 15 is 0 Å². The van der Waals surface area contributed by atoms with E-state index in [1.54, 1.807) is 19.3 Å². The lowest BCUT2D eigenvalue weighted by Gasteiger charge is -1.93. The Bertz CT molecular complexity index is 383. The third kappa shape index (κ3) is 1.90. The third-order valence-electron chi connectivity index (χ3n) is 1.68. The first-order valence-corrected chi connectivity index (χ1v) is 4.03. The van der Waals surface area contributed by atoms with E-state index in [4.69, 9.17) is 4.52 Å². The predicted octanol–water partition coefficient (Wildman–Crippen LogP) is 1.36. The van der Waals surface area contributed by atoms with Crippen LogP contribution in [-0.2, 0) is 6.42 Å². The summed E-state index contributed by atoms with van der Waals surface area (Å²) in [5.74, 6) is 1.31. The smallest absolute Gasteiger partial charge is 0.223 e. The molecule has 0 saturated carbocycles. The second kappa shape index (κ2) is 3.35. The molecule has 0 N–H and O–H groups in total. The summed E-state index contributed by atoms with van der Waals surface area (Å²) in [5.41, 5.74) is 1.14. The minimum atomic E-state index is 0.601. The van der Waals surface area contributed by atoms with E-state index in [1.807, 2.05) is 12.1 Å². The molecule has 0 aliphatic heterocycles. The summed E-state index contributed by atoms with van der Waals surface area (Å²) >= 11 is 0. The van der Waals surface area contributed by atoms with Gasteiger partial charge in [0.05, 0.1) is 0 Å². The fourth-order valence-electron chi connectivity index (χ4n) is 1.10. The van der Waals surface area contributed by atoms with Crippen molar-refractivity contribution in [1.29, 1.82) is 0 Å². The molecule has 2 rings (SSSR count). The van der Waals surface area contributed by atoms with Gasteiger partial charge in [0.1, 0.15) is 0 Å². The molecule has 0 bridgehead atoms. The molecule has 0 aromatic carbocycles. The van der Waals surface area contributed by atoms with Gasteiger partial charge in [-0.25, -0.2) is 0 Å². The molecule has 4 heteroatoms. The topological polar surface area (TPSA) is 51.8 Å². The average molecular weight is 175 g/mol. The van der Waals surface area contributed by atoms with Crippen molar-refractivity contribution in [2.45, 2.75) is 13.3 Å². The van der Waals surface area contributed by atoms with E-state index in [0.717, 1.165) is 5.56 Å². The fraction of sp³-hybridized carbons (Fsp3) is 0.222. The van der Waals surface area contributed by atoms with Gasteiger partial charge in [0.2, 0.25) is 5.89 Å². The number of pyridine rings is 1. The SMILES string of the molecule is Cc1nc(Cc2ccncc2)no1. The monoisotopic (exact) mass is 175 g/mol. The molecule has 0 spiro atoms. The Balaban J connectivity index is 2.15. The summed E-state index contributed by atoms with van der Waals surface area (Å²) in [7, 11) is 0. The van der Waals surface area contributed by atoms with Crippen LogP contribution in [0.25, 0.3) is 0 Å². The lowest BCUT2D eigenvalue weighted by atomic mass is 10.2. The van der Waals surface area contributed by atoms with E-state index < -0.39 is 0 Å². The van der Waals surface area contributed by atoms with Gasteiger partial charge in [-0.15, -0.1) is 0 Å². The Morgan fingerprint density at radius 1 is 1.31 bits per heavy atom. The van der Waals surface area contributed by atoms with Gasteiger partial charge in [-0.05, 0) is 17.7 Å². The van der Waals surface area contributed by atoms with Crippen LogP contribution >= 0.6 is 0 Å². The second-order valence-corrected chi connectivity index (χ2v) is 2.76. The Hall–Kier alpha value is -1.71. The molecule has 0 aliphatic carbocycles. The Labute approximate surface area is 75.6 Å². The highest BCUT2D eigenvalue weighted by atomic mass is 16.5. The molecular weight excluding hydrogens is 166 g/mol. The van der Waals surface area contributed by atoms with Gasteiger partial charge in [0.15, 0.2) is 5.82 Å². The molecule has 0 amide bonds. The molecule has 0 radical (unpaired) electrons. The van der Waals surface area contributed by atoms with Crippen molar-refractivity contribution in [3.8, 4) is 0 Å². The van der Waals surface area contributed by atoms with E-state index in [-0.39, 0.29) is 0 Å². The summed E-state index contributed by atoms with van der Waals surface area (Å²) in [6.07, 6.45) is 4.20. The fourth-order valence-corrected chi connectivity index (χ4v) is 1.10. The molecule has 2 heterocycles. The van der Waals surface area contributed by atoms with Gasteiger partial charge in [-0.3, -0.25) is 4.98 Å². The molecule has 4 nitrogen and oxygen atoms in total. The largest absolute Gasteiger partial charge is 0.340 e. The summed E-state index contributed by atoms with van der Waals surface area (Å²) in [6.45, 7) is 1.78. The van der Waals surface area contributed by atoms with Crippen LogP contribution in [0.2, 0.25) is 0 Å². The number of aromatic nitrogens is 3. The molecule has 0 fully saturated rings. The quantitative estimate of drug-likeness (QED) is 0.691. The second-order valence-electron chi connectivity index (χ2n) is 2.76. The lowest BCUT2D eigenvalue weighted by Crippen LogP contribution is -1.90. The summed E-state index contributed by atoms with van der Waals surface area (Å²) in [4.78, 5) is 8.04. The van der Waals surface area contributed by atoms with E-state index in [9.17, 15) is 0 Å². The lowest BCUT2D eigenvalue weighted by molar-refractivity contribution is 0.388. The number of nitrogens with zero attached hydrogens (tertiary/aromatic N) is 3. The minimum Gasteiger partial charge on any atom is -0.340 e. The molecule has 0 atom stereocenters. The van der Waals surface area contributed by atoms with E-state index in [1.165, 1.54) is 0 Å². The number of hydrogen-bond acceptors (Lipinski definition) is 4. The number of aryl methyl sites for hydroxylation is 1. The van der Waals surface area contributed by atoms with Crippen LogP contribution < -0.4 is 0 Å². The standard InChI is InChI=1S/C9H9N3O/c1-7-11-9(12-13-7)6-8-2-4-10-5-3-8/h2-5H,6H2,1H3. The van der Waals surface area contributed by atoms with Gasteiger partial charge >= 0.3 is 0 Å². The van der Waals surface area contributed by atoms with Crippen molar-refractivity contribution in [2.75, 3.05) is 0 Å². The number of hydrogen-bond donors (Lipinski definition) is 0. The highest BCUT2D eigenvalue weighted by Gasteiger charge is 2.02. The zero-order valence-electron chi connectivity index (χ0n) is 7.27. The Morgan fingerprint density at radius 3 is 2.69 bits per heavy atom. The van der Waals surface area contributed by atoms with Crippen molar-refractivity contribution < 1.29 is 4.52 Å². The highest BCUT2D eigenvalue weighted by molar-refractivity contribution is 5.14. The van der Waals surface area contributed by atoms with Crippen LogP contribution in [0.4, 0.5) is 0 Å². The van der Waals surface area contributed by atoms with Crippen LogP contribution in [0.5, 0.6) is 0 Å². The molecule has 0 unspecified atom stereocenters. The van der Waals surface area contributed by atoms with Crippen LogP contribution in [-0.4, -0.2) is 15.1 Å². The first-order chi connectivity index (χ1) is 6.34. The molecule has 13 heavy (non-hydrogen) atoms. The van der Waals surface area contributed by atoms with Gasteiger partial charge in [0, 0.05) is 25.7 Å². The first kappa shape index (κ1) is 7.91. The molecule has 0 aliphatic rings. The van der Waals surface area contributed by atoms with Crippen LogP contribution in [0.3, 0.4) is 0 Å². The van der Waals surface area contributed by atoms with Crippen molar-refractivity contribution in [1.82, 2.24) is 15.1 Å². The third-order valence-corrected chi connectivity index (χ3v) is 1.68. The van der Waals surface area contributed by atoms with Gasteiger partial charge in [-0.2, -0.15) is 4.98 Å². The van der Waals surface area contributed by atoms with Gasteiger partial charge in [-0.1, -0.05) is 5.16 Å². The van der Waals surface area contributed by atoms with Crippen molar-refractivity contribution in [3.05, 3.63) is 41.8 Å². The highest BCUT2D eigenvalue weighted by Crippen LogP contribution is 2.04. The zero-order valence-corrected chi connectivity index (χ0v) is 7.27. The molecular formula is C9H9N3O. The molecule has 66 valence electrons. The summed E-state index contributed by atoms with van der Waals surface area (Å²) in [5, 5.41) is 3.80. The van der Waals surface area contributed by atoms with Gasteiger partial charge in [0.25, 0.3) is 0 Å². The van der Waals surface area contributed by atoms with Crippen LogP contribution in [0.15, 0.2) is 29.0 Å². The van der Waals surface area contributed by atoms with Crippen LogP contribution in [0.1, 0.15) is 17.3 Å². The average Bonchev–Trinajstić information content (AvgIpc) is 2.53. The van der Waals surface area contributed by atoms with E-state index in [2.05, 4.69) is 15.1 Å². The molecule has 2 aromatic heterocycles. The van der Waals surface area contributed by atoms with Crippen LogP contribution in [0, 0.1) is 6.92 Å². The van der Waals surface area contributed by atoms with Gasteiger partial charge < -0.3 is 4.52 Å². The van der Waals surface area contributed by atoms with E-state index in [0.29, 0.717) is 18.1 Å². The summed E-state index contributed by atoms with van der Waals surface area (Å²) < 4.78 is 4.86. The molecule has 2 aromatic rings. The predicted molar refractivity (Wildman–Crippen MR) is 46.1 cm³/mol. The maximum absolute atomic E-state index is 4.86. The maximum Gasteiger partial charge on any atom is 0.223 e. The van der Waals surface area contributed by atoms with Crippen molar-refractivity contribution >= 4 is 0 Å². The number of rotatable bonds is 2. The Kier molecular flexibility index (Phi) is 2.04.